The van der Waals surface area contributed by atoms with Crippen molar-refractivity contribution in [2.75, 3.05) is 5.73 Å². The minimum Gasteiger partial charge on any atom is -0.384 e. The number of rotatable bonds is 4. The SMILES string of the molecule is CCn1c(N)c(C=N)cc(-c2ccc(-c3cccnc3F)cc2Cl)c1=O. The highest BCUT2D eigenvalue weighted by molar-refractivity contribution is 6.33. The third kappa shape index (κ3) is 2.99. The molecule has 2 aromatic heterocycles. The maximum Gasteiger partial charge on any atom is 0.260 e. The number of halogens is 2. The number of nitrogens with zero attached hydrogens (tertiary/aromatic N) is 2. The van der Waals surface area contributed by atoms with Crippen LogP contribution in [-0.2, 0) is 6.54 Å². The molecule has 5 nitrogen and oxygen atoms in total. The molecular formula is C19H16ClFN4O. The fraction of sp³-hybridized carbons (Fsp3) is 0.105. The van der Waals surface area contributed by atoms with Crippen LogP contribution in [0.25, 0.3) is 22.3 Å². The van der Waals surface area contributed by atoms with Gasteiger partial charge in [0.25, 0.3) is 5.56 Å². The molecule has 3 aromatic rings. The fourth-order valence-electron chi connectivity index (χ4n) is 2.83. The molecule has 0 spiro atoms. The first-order valence-electron chi connectivity index (χ1n) is 7.92. The Bertz CT molecular complexity index is 1060. The van der Waals surface area contributed by atoms with E-state index >= 15 is 0 Å². The van der Waals surface area contributed by atoms with Gasteiger partial charge in [-0.2, -0.15) is 4.39 Å². The molecule has 0 unspecified atom stereocenters. The molecule has 1 aromatic carbocycles. The predicted octanol–water partition coefficient (Wildman–Crippen LogP) is 3.97. The highest BCUT2D eigenvalue weighted by Gasteiger charge is 2.16. The Morgan fingerprint density at radius 1 is 1.27 bits per heavy atom. The van der Waals surface area contributed by atoms with Gasteiger partial charge in [-0.3, -0.25) is 9.36 Å². The second-order valence-corrected chi connectivity index (χ2v) is 6.04. The van der Waals surface area contributed by atoms with E-state index in [2.05, 4.69) is 4.98 Å². The predicted molar refractivity (Wildman–Crippen MR) is 102 cm³/mol. The second kappa shape index (κ2) is 7.09. The zero-order chi connectivity index (χ0) is 18.8. The Kier molecular flexibility index (Phi) is 4.86. The number of nitrogen functional groups attached to an aromatic ring is 1. The lowest BCUT2D eigenvalue weighted by Crippen LogP contribution is -2.25. The van der Waals surface area contributed by atoms with Crippen molar-refractivity contribution < 1.29 is 4.39 Å². The number of nitrogens with two attached hydrogens (primary N) is 1. The number of benzene rings is 1. The summed E-state index contributed by atoms with van der Waals surface area (Å²) in [6.45, 7) is 2.17. The molecule has 0 saturated carbocycles. The first kappa shape index (κ1) is 17.8. The molecule has 0 aliphatic rings. The van der Waals surface area contributed by atoms with Crippen LogP contribution in [0.15, 0.2) is 47.4 Å². The summed E-state index contributed by atoms with van der Waals surface area (Å²) in [5.74, 6) is -0.357. The molecule has 0 aliphatic heterocycles. The van der Waals surface area contributed by atoms with Gasteiger partial charge in [0, 0.05) is 46.2 Å². The van der Waals surface area contributed by atoms with E-state index in [1.165, 1.54) is 10.8 Å². The average molecular weight is 371 g/mol. The van der Waals surface area contributed by atoms with E-state index in [1.807, 2.05) is 0 Å². The summed E-state index contributed by atoms with van der Waals surface area (Å²) >= 11 is 6.39. The highest BCUT2D eigenvalue weighted by atomic mass is 35.5. The maximum absolute atomic E-state index is 13.9. The lowest BCUT2D eigenvalue weighted by Gasteiger charge is -2.14. The Morgan fingerprint density at radius 2 is 2.04 bits per heavy atom. The van der Waals surface area contributed by atoms with Crippen molar-refractivity contribution in [2.24, 2.45) is 0 Å². The van der Waals surface area contributed by atoms with E-state index in [1.54, 1.807) is 43.3 Å². The number of hydrogen-bond acceptors (Lipinski definition) is 4. The van der Waals surface area contributed by atoms with Crippen LogP contribution in [-0.4, -0.2) is 15.8 Å². The molecule has 2 heterocycles. The van der Waals surface area contributed by atoms with Crippen molar-refractivity contribution in [3.05, 3.63) is 69.5 Å². The van der Waals surface area contributed by atoms with Crippen molar-refractivity contribution >= 4 is 23.6 Å². The van der Waals surface area contributed by atoms with Crippen molar-refractivity contribution in [2.45, 2.75) is 13.5 Å². The molecule has 7 heteroatoms. The second-order valence-electron chi connectivity index (χ2n) is 5.63. The minimum absolute atomic E-state index is 0.237. The molecule has 132 valence electrons. The molecule has 0 atom stereocenters. The number of anilines is 1. The van der Waals surface area contributed by atoms with Crippen LogP contribution >= 0.6 is 11.6 Å². The van der Waals surface area contributed by atoms with E-state index in [4.69, 9.17) is 22.7 Å². The molecule has 3 rings (SSSR count). The van der Waals surface area contributed by atoms with Gasteiger partial charge in [0.2, 0.25) is 5.95 Å². The third-order valence-corrected chi connectivity index (χ3v) is 4.48. The standard InChI is InChI=1S/C19H16ClFN4O/c1-2-25-18(23)12(10-22)8-15(19(25)26)14-6-5-11(9-16(14)20)13-4-3-7-24-17(13)21/h3-10,22H,2,23H2,1H3. The van der Waals surface area contributed by atoms with Gasteiger partial charge in [-0.05, 0) is 36.8 Å². The van der Waals surface area contributed by atoms with Gasteiger partial charge in [-0.25, -0.2) is 4.98 Å². The van der Waals surface area contributed by atoms with E-state index in [9.17, 15) is 9.18 Å². The maximum atomic E-state index is 13.9. The van der Waals surface area contributed by atoms with E-state index in [-0.39, 0.29) is 11.4 Å². The average Bonchev–Trinajstić information content (AvgIpc) is 2.63. The van der Waals surface area contributed by atoms with E-state index in [0.717, 1.165) is 6.21 Å². The number of aromatic nitrogens is 2. The molecular weight excluding hydrogens is 355 g/mol. The largest absolute Gasteiger partial charge is 0.384 e. The fourth-order valence-corrected chi connectivity index (χ4v) is 3.11. The van der Waals surface area contributed by atoms with Crippen molar-refractivity contribution in [3.63, 3.8) is 0 Å². The summed E-state index contributed by atoms with van der Waals surface area (Å²) in [7, 11) is 0. The van der Waals surface area contributed by atoms with Gasteiger partial charge in [0.15, 0.2) is 0 Å². The Balaban J connectivity index is 2.19. The topological polar surface area (TPSA) is 84.8 Å². The van der Waals surface area contributed by atoms with Crippen LogP contribution in [0.4, 0.5) is 10.2 Å². The Hall–Kier alpha value is -2.99. The van der Waals surface area contributed by atoms with Gasteiger partial charge in [-0.1, -0.05) is 23.7 Å². The lowest BCUT2D eigenvalue weighted by molar-refractivity contribution is 0.587. The van der Waals surface area contributed by atoms with Crippen LogP contribution in [0.3, 0.4) is 0 Å². The number of pyridine rings is 2. The van der Waals surface area contributed by atoms with Crippen molar-refractivity contribution in [3.8, 4) is 22.3 Å². The van der Waals surface area contributed by atoms with Crippen molar-refractivity contribution in [1.29, 1.82) is 5.41 Å². The summed E-state index contributed by atoms with van der Waals surface area (Å²) in [6.07, 6.45) is 2.47. The smallest absolute Gasteiger partial charge is 0.260 e. The lowest BCUT2D eigenvalue weighted by atomic mass is 10.0. The van der Waals surface area contributed by atoms with Crippen LogP contribution < -0.4 is 11.3 Å². The molecule has 0 amide bonds. The molecule has 0 bridgehead atoms. The quantitative estimate of drug-likeness (QED) is 0.538. The first-order chi connectivity index (χ1) is 12.5. The summed E-state index contributed by atoms with van der Waals surface area (Å²) in [6, 6.07) is 9.71. The summed E-state index contributed by atoms with van der Waals surface area (Å²) in [4.78, 5) is 16.4. The highest BCUT2D eigenvalue weighted by Crippen LogP contribution is 2.32. The first-order valence-corrected chi connectivity index (χ1v) is 8.30. The minimum atomic E-state index is -0.594. The monoisotopic (exact) mass is 370 g/mol. The van der Waals surface area contributed by atoms with Gasteiger partial charge in [0.1, 0.15) is 5.82 Å². The Labute approximate surface area is 154 Å². The third-order valence-electron chi connectivity index (χ3n) is 4.16. The molecule has 0 fully saturated rings. The zero-order valence-corrected chi connectivity index (χ0v) is 14.7. The van der Waals surface area contributed by atoms with Gasteiger partial charge >= 0.3 is 0 Å². The van der Waals surface area contributed by atoms with Crippen LogP contribution in [0.1, 0.15) is 12.5 Å². The summed E-state index contributed by atoms with van der Waals surface area (Å²) < 4.78 is 15.3. The number of hydrogen-bond donors (Lipinski definition) is 2. The molecule has 0 saturated heterocycles. The van der Waals surface area contributed by atoms with Crippen LogP contribution in [0.5, 0.6) is 0 Å². The molecule has 0 radical (unpaired) electrons. The molecule has 26 heavy (non-hydrogen) atoms. The van der Waals surface area contributed by atoms with Crippen molar-refractivity contribution in [1.82, 2.24) is 9.55 Å². The Morgan fingerprint density at radius 3 is 2.65 bits per heavy atom. The van der Waals surface area contributed by atoms with Crippen LogP contribution in [0, 0.1) is 11.4 Å². The van der Waals surface area contributed by atoms with Crippen LogP contribution in [0.2, 0.25) is 5.02 Å². The normalized spacial score (nSPS) is 10.7. The number of nitrogens with one attached hydrogen (secondary N) is 1. The van der Waals surface area contributed by atoms with Gasteiger partial charge in [0.05, 0.1) is 0 Å². The molecule has 3 N–H and O–H groups in total. The van der Waals surface area contributed by atoms with E-state index in [0.29, 0.717) is 39.4 Å². The summed E-state index contributed by atoms with van der Waals surface area (Å²) in [5.41, 5.74) is 7.79. The molecule has 0 aliphatic carbocycles. The summed E-state index contributed by atoms with van der Waals surface area (Å²) in [5, 5.41) is 7.81. The van der Waals surface area contributed by atoms with Gasteiger partial charge in [-0.15, -0.1) is 0 Å². The zero-order valence-electron chi connectivity index (χ0n) is 14.0. The van der Waals surface area contributed by atoms with E-state index < -0.39 is 5.95 Å². The van der Waals surface area contributed by atoms with Gasteiger partial charge < -0.3 is 11.1 Å².